The molecule has 0 aromatic heterocycles. The third kappa shape index (κ3) is 1.80. The molecule has 0 unspecified atom stereocenters. The molecule has 0 fully saturated rings. The van der Waals surface area contributed by atoms with Crippen LogP contribution in [0.3, 0.4) is 0 Å². The minimum Gasteiger partial charge on any atom is -0.507 e. The molecule has 3 aromatic carbocycles. The number of rotatable bonds is 1. The Hall–Kier alpha value is -3.14. The number of aryl methyl sites for hydroxylation is 1. The third-order valence-electron chi connectivity index (χ3n) is 4.56. The third-order valence-corrected chi connectivity index (χ3v) is 4.56. The van der Waals surface area contributed by atoms with Gasteiger partial charge in [0.15, 0.2) is 5.78 Å². The zero-order valence-corrected chi connectivity index (χ0v) is 13.0. The predicted octanol–water partition coefficient (Wildman–Crippen LogP) is 3.59. The molecule has 1 aliphatic carbocycles. The summed E-state index contributed by atoms with van der Waals surface area (Å²) in [5.41, 5.74) is 1.37. The summed E-state index contributed by atoms with van der Waals surface area (Å²) in [5, 5.41) is 21.7. The second-order valence-corrected chi connectivity index (χ2v) is 5.91. The van der Waals surface area contributed by atoms with E-state index in [9.17, 15) is 19.8 Å². The minimum absolute atomic E-state index is 0.0363. The fourth-order valence-corrected chi connectivity index (χ4v) is 3.35. The van der Waals surface area contributed by atoms with E-state index >= 15 is 0 Å². The maximum Gasteiger partial charge on any atom is 0.201 e. The molecule has 4 rings (SSSR count). The lowest BCUT2D eigenvalue weighted by atomic mass is 9.80. The number of phenolic OH excluding ortho intramolecular Hbond substituents is 2. The average Bonchev–Trinajstić information content (AvgIpc) is 2.57. The van der Waals surface area contributed by atoms with Gasteiger partial charge in [-0.2, -0.15) is 0 Å². The first-order valence-electron chi connectivity index (χ1n) is 7.73. The van der Waals surface area contributed by atoms with Crippen LogP contribution >= 0.6 is 0 Å². The van der Waals surface area contributed by atoms with Crippen molar-refractivity contribution in [3.63, 3.8) is 0 Å². The van der Waals surface area contributed by atoms with E-state index in [2.05, 4.69) is 0 Å². The molecule has 0 aliphatic heterocycles. The molecule has 0 spiro atoms. The maximum atomic E-state index is 13.0. The molecule has 4 heteroatoms. The van der Waals surface area contributed by atoms with Crippen LogP contribution in [0.2, 0.25) is 0 Å². The van der Waals surface area contributed by atoms with E-state index in [0.717, 1.165) is 17.4 Å². The van der Waals surface area contributed by atoms with Crippen LogP contribution in [0.4, 0.5) is 0 Å². The number of fused-ring (bicyclic) bond motifs is 4. The van der Waals surface area contributed by atoms with Crippen LogP contribution < -0.4 is 0 Å². The van der Waals surface area contributed by atoms with Gasteiger partial charge in [0.25, 0.3) is 0 Å². The SMILES string of the molecule is CCc1ccc2c3c(c(O)cc2c1)C(=O)c1c(O)cccc1C3=O. The molecule has 24 heavy (non-hydrogen) atoms. The predicted molar refractivity (Wildman–Crippen MR) is 90.0 cm³/mol. The Morgan fingerprint density at radius 2 is 1.62 bits per heavy atom. The number of phenols is 2. The van der Waals surface area contributed by atoms with E-state index in [1.807, 2.05) is 25.1 Å². The van der Waals surface area contributed by atoms with E-state index in [-0.39, 0.29) is 39.5 Å². The Morgan fingerprint density at radius 1 is 0.833 bits per heavy atom. The highest BCUT2D eigenvalue weighted by Crippen LogP contribution is 2.40. The summed E-state index contributed by atoms with van der Waals surface area (Å²) in [4.78, 5) is 25.7. The molecule has 4 nitrogen and oxygen atoms in total. The summed E-state index contributed by atoms with van der Waals surface area (Å²) in [7, 11) is 0. The van der Waals surface area contributed by atoms with Crippen molar-refractivity contribution in [1.29, 1.82) is 0 Å². The lowest BCUT2D eigenvalue weighted by molar-refractivity contribution is 0.0975. The smallest absolute Gasteiger partial charge is 0.201 e. The van der Waals surface area contributed by atoms with Gasteiger partial charge in [-0.05, 0) is 34.9 Å². The van der Waals surface area contributed by atoms with Gasteiger partial charge in [0.2, 0.25) is 5.78 Å². The van der Waals surface area contributed by atoms with Gasteiger partial charge in [0.05, 0.1) is 11.1 Å². The second-order valence-electron chi connectivity index (χ2n) is 5.91. The van der Waals surface area contributed by atoms with Crippen molar-refractivity contribution >= 4 is 22.3 Å². The van der Waals surface area contributed by atoms with Crippen LogP contribution in [0, 0.1) is 0 Å². The Balaban J connectivity index is 2.12. The van der Waals surface area contributed by atoms with Crippen LogP contribution in [0.25, 0.3) is 10.8 Å². The molecule has 0 saturated carbocycles. The molecule has 1 aliphatic rings. The highest BCUT2D eigenvalue weighted by atomic mass is 16.3. The Kier molecular flexibility index (Phi) is 2.97. The topological polar surface area (TPSA) is 74.6 Å². The Morgan fingerprint density at radius 3 is 2.38 bits per heavy atom. The van der Waals surface area contributed by atoms with Crippen molar-refractivity contribution in [3.8, 4) is 11.5 Å². The fourth-order valence-electron chi connectivity index (χ4n) is 3.35. The molecule has 0 radical (unpaired) electrons. The number of aromatic hydroxyl groups is 2. The highest BCUT2D eigenvalue weighted by molar-refractivity contribution is 6.33. The molecular weight excluding hydrogens is 304 g/mol. The van der Waals surface area contributed by atoms with Crippen LogP contribution in [0.1, 0.15) is 44.3 Å². The van der Waals surface area contributed by atoms with E-state index < -0.39 is 5.78 Å². The van der Waals surface area contributed by atoms with Gasteiger partial charge in [-0.25, -0.2) is 0 Å². The largest absolute Gasteiger partial charge is 0.507 e. The first-order chi connectivity index (χ1) is 11.5. The summed E-state index contributed by atoms with van der Waals surface area (Å²) in [6.45, 7) is 2.02. The number of hydrogen-bond acceptors (Lipinski definition) is 4. The van der Waals surface area contributed by atoms with Gasteiger partial charge in [-0.15, -0.1) is 0 Å². The number of hydrogen-bond donors (Lipinski definition) is 2. The van der Waals surface area contributed by atoms with E-state index in [4.69, 9.17) is 0 Å². The van der Waals surface area contributed by atoms with Crippen molar-refractivity contribution in [2.24, 2.45) is 0 Å². The zero-order valence-electron chi connectivity index (χ0n) is 13.0. The van der Waals surface area contributed by atoms with Gasteiger partial charge in [-0.3, -0.25) is 9.59 Å². The van der Waals surface area contributed by atoms with Crippen molar-refractivity contribution in [2.45, 2.75) is 13.3 Å². The molecule has 118 valence electrons. The van der Waals surface area contributed by atoms with Crippen LogP contribution in [0.5, 0.6) is 11.5 Å². The minimum atomic E-state index is -0.531. The summed E-state index contributed by atoms with van der Waals surface area (Å²) in [6.07, 6.45) is 0.831. The number of benzene rings is 3. The molecule has 0 atom stereocenters. The van der Waals surface area contributed by atoms with E-state index in [0.29, 0.717) is 5.39 Å². The number of carbonyl (C=O) groups excluding carboxylic acids is 2. The molecule has 0 heterocycles. The first kappa shape index (κ1) is 14.5. The maximum absolute atomic E-state index is 13.0. The summed E-state index contributed by atoms with van der Waals surface area (Å²) in [5.74, 6) is -1.38. The van der Waals surface area contributed by atoms with Crippen molar-refractivity contribution in [2.75, 3.05) is 0 Å². The van der Waals surface area contributed by atoms with Crippen LogP contribution in [-0.4, -0.2) is 21.8 Å². The van der Waals surface area contributed by atoms with Crippen molar-refractivity contribution < 1.29 is 19.8 Å². The lowest BCUT2D eigenvalue weighted by Crippen LogP contribution is -2.21. The lowest BCUT2D eigenvalue weighted by Gasteiger charge is -2.21. The molecule has 2 N–H and O–H groups in total. The number of carbonyl (C=O) groups is 2. The summed E-state index contributed by atoms with van der Waals surface area (Å²) in [6, 6.07) is 11.6. The standard InChI is InChI=1S/C20H14O4/c1-2-10-6-7-12-11(8-10)9-15(22)18-17(12)19(23)13-4-3-5-14(21)16(13)20(18)24/h3-9,21-22H,2H2,1H3. The van der Waals surface area contributed by atoms with E-state index in [1.54, 1.807) is 0 Å². The second kappa shape index (κ2) is 4.93. The molecule has 3 aromatic rings. The number of ketones is 2. The quantitative estimate of drug-likeness (QED) is 0.562. The van der Waals surface area contributed by atoms with E-state index in [1.165, 1.54) is 24.3 Å². The van der Waals surface area contributed by atoms with Gasteiger partial charge >= 0.3 is 0 Å². The van der Waals surface area contributed by atoms with Gasteiger partial charge < -0.3 is 10.2 Å². The normalized spacial score (nSPS) is 13.0. The Labute approximate surface area is 138 Å². The van der Waals surface area contributed by atoms with Crippen LogP contribution in [0.15, 0.2) is 42.5 Å². The molecule has 0 saturated heterocycles. The van der Waals surface area contributed by atoms with Crippen LogP contribution in [-0.2, 0) is 6.42 Å². The average molecular weight is 318 g/mol. The molecular formula is C20H14O4. The highest BCUT2D eigenvalue weighted by Gasteiger charge is 2.35. The summed E-state index contributed by atoms with van der Waals surface area (Å²) >= 11 is 0. The van der Waals surface area contributed by atoms with Crippen molar-refractivity contribution in [3.05, 3.63) is 70.3 Å². The van der Waals surface area contributed by atoms with Gasteiger partial charge in [-0.1, -0.05) is 37.3 Å². The monoisotopic (exact) mass is 318 g/mol. The molecule has 0 bridgehead atoms. The molecule has 0 amide bonds. The summed E-state index contributed by atoms with van der Waals surface area (Å²) < 4.78 is 0. The fraction of sp³-hybridized carbons (Fsp3) is 0.100. The first-order valence-corrected chi connectivity index (χ1v) is 7.73. The van der Waals surface area contributed by atoms with Crippen molar-refractivity contribution in [1.82, 2.24) is 0 Å². The van der Waals surface area contributed by atoms with Gasteiger partial charge in [0.1, 0.15) is 11.5 Å². The van der Waals surface area contributed by atoms with Gasteiger partial charge in [0, 0.05) is 11.1 Å². The zero-order chi connectivity index (χ0) is 17.0. The Bertz CT molecular complexity index is 1050.